The number of benzene rings is 1. The third-order valence-electron chi connectivity index (χ3n) is 6.48. The molecule has 0 saturated heterocycles. The highest BCUT2D eigenvalue weighted by molar-refractivity contribution is 6.32. The molecule has 1 aliphatic heterocycles. The number of rotatable bonds is 31. The summed E-state index contributed by atoms with van der Waals surface area (Å²) in [5.41, 5.74) is 1.45. The highest BCUT2D eigenvalue weighted by Gasteiger charge is 2.34. The normalized spacial score (nSPS) is 13.3. The molecule has 0 unspecified atom stereocenters. The maximum atomic E-state index is 12.3. The third kappa shape index (κ3) is 18.4. The number of ether oxygens (including phenoxy) is 10. The van der Waals surface area contributed by atoms with E-state index in [2.05, 4.69) is 0 Å². The molecule has 2 rings (SSSR count). The molecule has 0 fully saturated rings. The molecule has 1 aromatic rings. The highest BCUT2D eigenvalue weighted by Crippen LogP contribution is 2.28. The Balaban J connectivity index is 1.25. The molecular formula is C33H51NO13. The van der Waals surface area contributed by atoms with Crippen molar-refractivity contribution in [2.75, 3.05) is 130 Å². The summed E-state index contributed by atoms with van der Waals surface area (Å²) in [6.45, 7) is 13.1. The van der Waals surface area contributed by atoms with Crippen LogP contribution >= 0.6 is 0 Å². The Hall–Kier alpha value is -2.79. The molecule has 0 aliphatic carbocycles. The lowest BCUT2D eigenvalue weighted by Gasteiger charge is -2.15. The Kier molecular flexibility index (Phi) is 22.5. The van der Waals surface area contributed by atoms with Crippen LogP contribution in [0.15, 0.2) is 35.4 Å². The highest BCUT2D eigenvalue weighted by atomic mass is 16.6. The van der Waals surface area contributed by atoms with Crippen molar-refractivity contribution in [1.82, 2.24) is 0 Å². The summed E-state index contributed by atoms with van der Waals surface area (Å²) in [5, 5.41) is 0. The Bertz CT molecular complexity index is 1020. The van der Waals surface area contributed by atoms with Crippen molar-refractivity contribution in [3.8, 4) is 5.75 Å². The predicted molar refractivity (Wildman–Crippen MR) is 171 cm³/mol. The summed E-state index contributed by atoms with van der Waals surface area (Å²) in [6.07, 6.45) is 0. The van der Waals surface area contributed by atoms with Gasteiger partial charge < -0.3 is 47.4 Å². The molecule has 0 spiro atoms. The SMILES string of the molecule is CC(=O)COCCOCCOCCOCCOCCOCCOCCOCCOCCOc1ccc(N2C(=O)C(C)=C(C)C2=O)cc1. The predicted octanol–water partition coefficient (Wildman–Crippen LogP) is 2.01. The quantitative estimate of drug-likeness (QED) is 0.0840. The van der Waals surface area contributed by atoms with Crippen LogP contribution < -0.4 is 9.64 Å². The van der Waals surface area contributed by atoms with Crippen molar-refractivity contribution in [1.29, 1.82) is 0 Å². The Morgan fingerprint density at radius 2 is 0.787 bits per heavy atom. The van der Waals surface area contributed by atoms with Gasteiger partial charge in [-0.3, -0.25) is 14.4 Å². The van der Waals surface area contributed by atoms with E-state index < -0.39 is 0 Å². The fourth-order valence-corrected chi connectivity index (χ4v) is 3.87. The summed E-state index contributed by atoms with van der Waals surface area (Å²) in [6, 6.07) is 6.82. The largest absolute Gasteiger partial charge is 0.491 e. The Labute approximate surface area is 277 Å². The summed E-state index contributed by atoms with van der Waals surface area (Å²) < 4.78 is 54.3. The molecule has 266 valence electrons. The lowest BCUT2D eigenvalue weighted by molar-refractivity contribution is -0.122. The van der Waals surface area contributed by atoms with Crippen molar-refractivity contribution in [2.45, 2.75) is 20.8 Å². The molecule has 1 heterocycles. The van der Waals surface area contributed by atoms with Crippen LogP contribution in [-0.2, 0) is 57.0 Å². The summed E-state index contributed by atoms with van der Waals surface area (Å²) in [4.78, 5) is 36.5. The van der Waals surface area contributed by atoms with Gasteiger partial charge in [0.05, 0.1) is 118 Å². The van der Waals surface area contributed by atoms with Crippen LogP contribution in [0.25, 0.3) is 0 Å². The van der Waals surface area contributed by atoms with Crippen molar-refractivity contribution in [3.63, 3.8) is 0 Å². The van der Waals surface area contributed by atoms with Crippen molar-refractivity contribution < 1.29 is 61.8 Å². The molecule has 0 atom stereocenters. The van der Waals surface area contributed by atoms with Gasteiger partial charge in [0.1, 0.15) is 19.0 Å². The van der Waals surface area contributed by atoms with E-state index in [-0.39, 0.29) is 24.2 Å². The number of carbonyl (C=O) groups is 3. The topological polar surface area (TPSA) is 147 Å². The van der Waals surface area contributed by atoms with Crippen molar-refractivity contribution in [3.05, 3.63) is 35.4 Å². The van der Waals surface area contributed by atoms with Gasteiger partial charge in [0.2, 0.25) is 0 Å². The lowest BCUT2D eigenvalue weighted by atomic mass is 10.2. The van der Waals surface area contributed by atoms with E-state index in [1.165, 1.54) is 11.8 Å². The van der Waals surface area contributed by atoms with E-state index in [1.807, 2.05) is 0 Å². The third-order valence-corrected chi connectivity index (χ3v) is 6.48. The average molecular weight is 670 g/mol. The van der Waals surface area contributed by atoms with Gasteiger partial charge in [-0.25, -0.2) is 4.90 Å². The van der Waals surface area contributed by atoms with Gasteiger partial charge in [-0.15, -0.1) is 0 Å². The molecule has 14 nitrogen and oxygen atoms in total. The zero-order valence-corrected chi connectivity index (χ0v) is 28.0. The number of ketones is 1. The molecule has 1 aliphatic rings. The summed E-state index contributed by atoms with van der Waals surface area (Å²) in [7, 11) is 0. The number of anilines is 1. The molecule has 0 radical (unpaired) electrons. The first-order chi connectivity index (χ1) is 22.9. The number of hydrogen-bond acceptors (Lipinski definition) is 13. The van der Waals surface area contributed by atoms with Crippen LogP contribution in [0.2, 0.25) is 0 Å². The molecule has 0 bridgehead atoms. The number of amides is 2. The van der Waals surface area contributed by atoms with Crippen LogP contribution in [0.3, 0.4) is 0 Å². The van der Waals surface area contributed by atoms with Crippen LogP contribution in [0.5, 0.6) is 5.75 Å². The molecule has 0 N–H and O–H groups in total. The fraction of sp³-hybridized carbons (Fsp3) is 0.667. The maximum Gasteiger partial charge on any atom is 0.261 e. The lowest BCUT2D eigenvalue weighted by Crippen LogP contribution is -2.31. The zero-order chi connectivity index (χ0) is 34.0. The molecule has 0 saturated carbocycles. The van der Waals surface area contributed by atoms with Gasteiger partial charge in [-0.05, 0) is 45.0 Å². The van der Waals surface area contributed by atoms with E-state index in [0.717, 1.165) is 0 Å². The van der Waals surface area contributed by atoms with Crippen LogP contribution in [0.1, 0.15) is 20.8 Å². The van der Waals surface area contributed by atoms with Crippen LogP contribution in [-0.4, -0.2) is 143 Å². The molecule has 1 aromatic carbocycles. The van der Waals surface area contributed by atoms with Gasteiger partial charge in [0, 0.05) is 11.1 Å². The minimum atomic E-state index is -0.292. The van der Waals surface area contributed by atoms with E-state index in [0.29, 0.717) is 142 Å². The standard InChI is InChI=1S/C33H51NO13/c1-27(35)26-46-23-22-44-19-18-42-15-14-40-11-10-38-8-9-39-12-13-41-16-17-43-20-21-45-24-25-47-31-6-4-30(5-7-31)34-32(36)28(2)29(3)33(34)37/h4-7H,8-26H2,1-3H3. The first-order valence-electron chi connectivity index (χ1n) is 15.9. The molecule has 2 amide bonds. The maximum absolute atomic E-state index is 12.3. The second-order valence-corrected chi connectivity index (χ2v) is 10.2. The first-order valence-corrected chi connectivity index (χ1v) is 15.9. The number of carbonyl (C=O) groups excluding carboxylic acids is 3. The van der Waals surface area contributed by atoms with Gasteiger partial charge in [0.25, 0.3) is 11.8 Å². The molecular weight excluding hydrogens is 618 g/mol. The minimum Gasteiger partial charge on any atom is -0.491 e. The van der Waals surface area contributed by atoms with Gasteiger partial charge >= 0.3 is 0 Å². The van der Waals surface area contributed by atoms with Gasteiger partial charge in [0.15, 0.2) is 5.78 Å². The van der Waals surface area contributed by atoms with Crippen molar-refractivity contribution in [2.24, 2.45) is 0 Å². The molecule has 0 aromatic heterocycles. The first kappa shape index (κ1) is 40.4. The van der Waals surface area contributed by atoms with E-state index in [4.69, 9.17) is 47.4 Å². The zero-order valence-electron chi connectivity index (χ0n) is 28.0. The van der Waals surface area contributed by atoms with Crippen LogP contribution in [0, 0.1) is 0 Å². The minimum absolute atomic E-state index is 0.00216. The number of Topliss-reactive ketones (excluding diaryl/α,β-unsaturated/α-hetero) is 1. The smallest absolute Gasteiger partial charge is 0.261 e. The van der Waals surface area contributed by atoms with Gasteiger partial charge in [-0.1, -0.05) is 0 Å². The van der Waals surface area contributed by atoms with E-state index in [9.17, 15) is 14.4 Å². The number of hydrogen-bond donors (Lipinski definition) is 0. The molecule has 47 heavy (non-hydrogen) atoms. The number of imide groups is 1. The second-order valence-electron chi connectivity index (χ2n) is 10.2. The van der Waals surface area contributed by atoms with Gasteiger partial charge in [-0.2, -0.15) is 0 Å². The van der Waals surface area contributed by atoms with E-state index >= 15 is 0 Å². The Morgan fingerprint density at radius 1 is 0.489 bits per heavy atom. The average Bonchev–Trinajstić information content (AvgIpc) is 3.25. The molecule has 14 heteroatoms. The monoisotopic (exact) mass is 669 g/mol. The van der Waals surface area contributed by atoms with Crippen LogP contribution in [0.4, 0.5) is 5.69 Å². The Morgan fingerprint density at radius 3 is 1.11 bits per heavy atom. The number of nitrogens with zero attached hydrogens (tertiary/aromatic N) is 1. The summed E-state index contributed by atoms with van der Waals surface area (Å²) >= 11 is 0. The summed E-state index contributed by atoms with van der Waals surface area (Å²) in [5.74, 6) is 0.0348. The fourth-order valence-electron chi connectivity index (χ4n) is 3.87. The second kappa shape index (κ2) is 26.2. The van der Waals surface area contributed by atoms with Crippen molar-refractivity contribution >= 4 is 23.3 Å². The van der Waals surface area contributed by atoms with E-state index in [1.54, 1.807) is 38.1 Å².